The molecule has 0 bridgehead atoms. The average Bonchev–Trinajstić information content (AvgIpc) is 2.48. The lowest BCUT2D eigenvalue weighted by atomic mass is 9.91. The summed E-state index contributed by atoms with van der Waals surface area (Å²) < 4.78 is 5.08. The van der Waals surface area contributed by atoms with E-state index in [1.807, 2.05) is 19.2 Å². The number of benzene rings is 1. The molecular formula is C15H22N2O2. The zero-order chi connectivity index (χ0) is 13.7. The Balaban J connectivity index is 1.87. The number of hydrogen-bond acceptors (Lipinski definition) is 3. The van der Waals surface area contributed by atoms with E-state index < -0.39 is 0 Å². The second-order valence-corrected chi connectivity index (χ2v) is 5.04. The molecule has 1 aromatic carbocycles. The third-order valence-corrected chi connectivity index (χ3v) is 3.82. The van der Waals surface area contributed by atoms with Crippen LogP contribution in [0.5, 0.6) is 5.75 Å². The molecule has 0 heterocycles. The van der Waals surface area contributed by atoms with Crippen LogP contribution >= 0.6 is 0 Å². The Morgan fingerprint density at radius 2 is 1.68 bits per heavy atom. The first kappa shape index (κ1) is 13.9. The van der Waals surface area contributed by atoms with Gasteiger partial charge in [0.15, 0.2) is 0 Å². The minimum Gasteiger partial charge on any atom is -0.497 e. The molecule has 1 aliphatic carbocycles. The van der Waals surface area contributed by atoms with Crippen LogP contribution in [-0.4, -0.2) is 32.1 Å². The molecule has 1 amide bonds. The predicted octanol–water partition coefficient (Wildman–Crippen LogP) is 1.96. The summed E-state index contributed by atoms with van der Waals surface area (Å²) in [6.45, 7) is 0. The maximum absolute atomic E-state index is 12.1. The standard InChI is InChI=1S/C15H22N2O2/c1-16-12-5-7-13(8-6-12)17-15(18)11-3-9-14(19-2)10-4-11/h3-4,9-10,12-13,16H,5-8H2,1-2H3,(H,17,18). The largest absolute Gasteiger partial charge is 0.497 e. The Hall–Kier alpha value is -1.55. The molecule has 104 valence electrons. The van der Waals surface area contributed by atoms with Crippen LogP contribution in [0.2, 0.25) is 0 Å². The Bertz CT molecular complexity index is 409. The first-order valence-electron chi connectivity index (χ1n) is 6.85. The molecule has 2 rings (SSSR count). The van der Waals surface area contributed by atoms with Crippen LogP contribution < -0.4 is 15.4 Å². The highest BCUT2D eigenvalue weighted by molar-refractivity contribution is 5.94. The van der Waals surface area contributed by atoms with Gasteiger partial charge in [-0.05, 0) is 57.0 Å². The van der Waals surface area contributed by atoms with Gasteiger partial charge in [-0.2, -0.15) is 0 Å². The van der Waals surface area contributed by atoms with E-state index >= 15 is 0 Å². The summed E-state index contributed by atoms with van der Waals surface area (Å²) >= 11 is 0. The van der Waals surface area contributed by atoms with E-state index in [1.54, 1.807) is 19.2 Å². The van der Waals surface area contributed by atoms with Crippen LogP contribution in [0.4, 0.5) is 0 Å². The lowest BCUT2D eigenvalue weighted by Crippen LogP contribution is -2.41. The van der Waals surface area contributed by atoms with Crippen molar-refractivity contribution in [2.24, 2.45) is 0 Å². The number of nitrogens with one attached hydrogen (secondary N) is 2. The van der Waals surface area contributed by atoms with E-state index in [2.05, 4.69) is 10.6 Å². The molecule has 0 aliphatic heterocycles. The van der Waals surface area contributed by atoms with Crippen molar-refractivity contribution in [1.82, 2.24) is 10.6 Å². The third kappa shape index (κ3) is 3.70. The third-order valence-electron chi connectivity index (χ3n) is 3.82. The van der Waals surface area contributed by atoms with E-state index in [-0.39, 0.29) is 5.91 Å². The minimum atomic E-state index is 0.00978. The number of hydrogen-bond donors (Lipinski definition) is 2. The molecule has 4 nitrogen and oxygen atoms in total. The minimum absolute atomic E-state index is 0.00978. The molecule has 1 fully saturated rings. The van der Waals surface area contributed by atoms with Gasteiger partial charge >= 0.3 is 0 Å². The van der Waals surface area contributed by atoms with Crippen molar-refractivity contribution in [1.29, 1.82) is 0 Å². The van der Waals surface area contributed by atoms with E-state index in [9.17, 15) is 4.79 Å². The zero-order valence-electron chi connectivity index (χ0n) is 11.6. The fourth-order valence-electron chi connectivity index (χ4n) is 2.54. The predicted molar refractivity (Wildman–Crippen MR) is 75.6 cm³/mol. The molecule has 0 aromatic heterocycles. The van der Waals surface area contributed by atoms with Crippen LogP contribution in [0.15, 0.2) is 24.3 Å². The van der Waals surface area contributed by atoms with Crippen molar-refractivity contribution in [3.05, 3.63) is 29.8 Å². The molecule has 4 heteroatoms. The van der Waals surface area contributed by atoms with Crippen molar-refractivity contribution < 1.29 is 9.53 Å². The fourth-order valence-corrected chi connectivity index (χ4v) is 2.54. The second-order valence-electron chi connectivity index (χ2n) is 5.04. The van der Waals surface area contributed by atoms with Gasteiger partial charge in [0.2, 0.25) is 0 Å². The highest BCUT2D eigenvalue weighted by atomic mass is 16.5. The van der Waals surface area contributed by atoms with Gasteiger partial charge in [0.05, 0.1) is 7.11 Å². The summed E-state index contributed by atoms with van der Waals surface area (Å²) in [5.41, 5.74) is 0.691. The summed E-state index contributed by atoms with van der Waals surface area (Å²) in [6, 6.07) is 8.13. The SMILES string of the molecule is CNC1CCC(NC(=O)c2ccc(OC)cc2)CC1. The van der Waals surface area contributed by atoms with E-state index in [0.717, 1.165) is 31.4 Å². The van der Waals surface area contributed by atoms with Gasteiger partial charge in [0.25, 0.3) is 5.91 Å². The molecule has 1 aliphatic rings. The maximum Gasteiger partial charge on any atom is 0.251 e. The second kappa shape index (κ2) is 6.57. The number of rotatable bonds is 4. The van der Waals surface area contributed by atoms with Gasteiger partial charge in [0.1, 0.15) is 5.75 Å². The number of amides is 1. The molecular weight excluding hydrogens is 240 g/mol. The van der Waals surface area contributed by atoms with Gasteiger partial charge in [-0.3, -0.25) is 4.79 Å². The lowest BCUT2D eigenvalue weighted by molar-refractivity contribution is 0.0924. The van der Waals surface area contributed by atoms with Crippen LogP contribution in [0.25, 0.3) is 0 Å². The Morgan fingerprint density at radius 1 is 1.11 bits per heavy atom. The Kier molecular flexibility index (Phi) is 4.80. The zero-order valence-corrected chi connectivity index (χ0v) is 11.6. The van der Waals surface area contributed by atoms with Crippen molar-refractivity contribution in [3.8, 4) is 5.75 Å². The Morgan fingerprint density at radius 3 is 2.21 bits per heavy atom. The monoisotopic (exact) mass is 262 g/mol. The first-order chi connectivity index (χ1) is 9.22. The van der Waals surface area contributed by atoms with E-state index in [4.69, 9.17) is 4.74 Å². The van der Waals surface area contributed by atoms with Gasteiger partial charge in [-0.15, -0.1) is 0 Å². The lowest BCUT2D eigenvalue weighted by Gasteiger charge is -2.28. The molecule has 0 spiro atoms. The molecule has 1 saturated carbocycles. The number of ether oxygens (including phenoxy) is 1. The maximum atomic E-state index is 12.1. The smallest absolute Gasteiger partial charge is 0.251 e. The summed E-state index contributed by atoms with van der Waals surface area (Å²) in [5, 5.41) is 6.41. The molecule has 0 saturated heterocycles. The van der Waals surface area contributed by atoms with Crippen molar-refractivity contribution >= 4 is 5.91 Å². The normalized spacial score (nSPS) is 22.8. The highest BCUT2D eigenvalue weighted by Crippen LogP contribution is 2.19. The van der Waals surface area contributed by atoms with Crippen LogP contribution in [0.1, 0.15) is 36.0 Å². The topological polar surface area (TPSA) is 50.4 Å². The van der Waals surface area contributed by atoms with Gasteiger partial charge in [-0.25, -0.2) is 0 Å². The van der Waals surface area contributed by atoms with Crippen LogP contribution in [0, 0.1) is 0 Å². The average molecular weight is 262 g/mol. The van der Waals surface area contributed by atoms with Gasteiger partial charge in [0, 0.05) is 17.6 Å². The summed E-state index contributed by atoms with van der Waals surface area (Å²) in [7, 11) is 3.62. The van der Waals surface area contributed by atoms with Crippen LogP contribution in [0.3, 0.4) is 0 Å². The molecule has 2 N–H and O–H groups in total. The van der Waals surface area contributed by atoms with Crippen LogP contribution in [-0.2, 0) is 0 Å². The summed E-state index contributed by atoms with van der Waals surface area (Å²) in [5.74, 6) is 0.779. The van der Waals surface area contributed by atoms with Gasteiger partial charge in [-0.1, -0.05) is 0 Å². The summed E-state index contributed by atoms with van der Waals surface area (Å²) in [6.07, 6.45) is 4.36. The number of carbonyl (C=O) groups excluding carboxylic acids is 1. The van der Waals surface area contributed by atoms with Crippen molar-refractivity contribution in [2.75, 3.05) is 14.2 Å². The number of carbonyl (C=O) groups is 1. The van der Waals surface area contributed by atoms with E-state index in [1.165, 1.54) is 0 Å². The summed E-state index contributed by atoms with van der Waals surface area (Å²) in [4.78, 5) is 12.1. The molecule has 0 unspecified atom stereocenters. The van der Waals surface area contributed by atoms with Crippen molar-refractivity contribution in [3.63, 3.8) is 0 Å². The molecule has 19 heavy (non-hydrogen) atoms. The van der Waals surface area contributed by atoms with E-state index in [0.29, 0.717) is 17.6 Å². The molecule has 0 radical (unpaired) electrons. The molecule has 1 aromatic rings. The quantitative estimate of drug-likeness (QED) is 0.872. The van der Waals surface area contributed by atoms with Gasteiger partial charge < -0.3 is 15.4 Å². The first-order valence-corrected chi connectivity index (χ1v) is 6.85. The number of methoxy groups -OCH3 is 1. The highest BCUT2D eigenvalue weighted by Gasteiger charge is 2.21. The van der Waals surface area contributed by atoms with Crippen molar-refractivity contribution in [2.45, 2.75) is 37.8 Å². The Labute approximate surface area is 114 Å². The molecule has 0 atom stereocenters. The fraction of sp³-hybridized carbons (Fsp3) is 0.533.